The van der Waals surface area contributed by atoms with Gasteiger partial charge >= 0.3 is 5.97 Å². The first kappa shape index (κ1) is 10.6. The summed E-state index contributed by atoms with van der Waals surface area (Å²) in [6, 6.07) is -1.45. The van der Waals surface area contributed by atoms with E-state index in [0.29, 0.717) is 11.3 Å². The van der Waals surface area contributed by atoms with Crippen molar-refractivity contribution in [3.8, 4) is 0 Å². The Morgan fingerprint density at radius 2 is 2.43 bits per heavy atom. The molecule has 0 aliphatic carbocycles. The van der Waals surface area contributed by atoms with E-state index in [1.807, 2.05) is 6.92 Å². The van der Waals surface area contributed by atoms with Crippen LogP contribution in [0.5, 0.6) is 0 Å². The summed E-state index contributed by atoms with van der Waals surface area (Å²) in [7, 11) is 0. The molecule has 7 heteroatoms. The van der Waals surface area contributed by atoms with Crippen LogP contribution in [0.2, 0.25) is 0 Å². The van der Waals surface area contributed by atoms with Gasteiger partial charge in [-0.2, -0.15) is 0 Å². The molecule has 0 saturated heterocycles. The van der Waals surface area contributed by atoms with Gasteiger partial charge in [-0.15, -0.1) is 16.2 Å². The van der Waals surface area contributed by atoms with Crippen molar-refractivity contribution in [3.05, 3.63) is 15.5 Å². The van der Waals surface area contributed by atoms with E-state index in [-0.39, 0.29) is 10.8 Å². The number of aryl methyl sites for hydroxylation is 1. The van der Waals surface area contributed by atoms with Crippen LogP contribution in [0.3, 0.4) is 0 Å². The molecule has 1 atom stereocenters. The number of nitroso groups, excluding NO2 is 1. The normalized spacial score (nSPS) is 12.4. The van der Waals surface area contributed by atoms with Crippen LogP contribution in [-0.4, -0.2) is 16.1 Å². The quantitative estimate of drug-likeness (QED) is 0.733. The summed E-state index contributed by atoms with van der Waals surface area (Å²) in [4.78, 5) is 25.4. The Labute approximate surface area is 83.7 Å². The highest BCUT2D eigenvalue weighted by molar-refractivity contribution is 7.15. The Hall–Kier alpha value is -1.50. The number of carboxylic acids is 1. The van der Waals surface area contributed by atoms with Crippen LogP contribution in [0.25, 0.3) is 0 Å². The van der Waals surface area contributed by atoms with E-state index >= 15 is 0 Å². The van der Waals surface area contributed by atoms with E-state index in [9.17, 15) is 9.70 Å². The molecular formula is C7H9N3O3S. The molecule has 3 N–H and O–H groups in total. The summed E-state index contributed by atoms with van der Waals surface area (Å²) < 4.78 is 0. The highest BCUT2D eigenvalue weighted by atomic mass is 32.1. The fraction of sp³-hybridized carbons (Fsp3) is 0.429. The first-order valence-corrected chi connectivity index (χ1v) is 4.72. The molecule has 0 amide bonds. The van der Waals surface area contributed by atoms with Gasteiger partial charge in [0.15, 0.2) is 5.13 Å². The lowest BCUT2D eigenvalue weighted by molar-refractivity contribution is -0.138. The summed E-state index contributed by atoms with van der Waals surface area (Å²) in [5, 5.41) is 11.5. The Morgan fingerprint density at radius 3 is 2.86 bits per heavy atom. The van der Waals surface area contributed by atoms with Gasteiger partial charge in [0.05, 0.1) is 5.69 Å². The number of thiazole rings is 1. The van der Waals surface area contributed by atoms with Crippen LogP contribution in [0.1, 0.15) is 23.5 Å². The van der Waals surface area contributed by atoms with Crippen LogP contribution in [0.4, 0.5) is 5.13 Å². The van der Waals surface area contributed by atoms with E-state index in [0.717, 1.165) is 0 Å². The largest absolute Gasteiger partial charge is 0.479 e. The summed E-state index contributed by atoms with van der Waals surface area (Å²) in [5.74, 6) is -1.31. The fourth-order valence-electron chi connectivity index (χ4n) is 1.06. The highest BCUT2D eigenvalue weighted by Gasteiger charge is 2.26. The number of nitrogen functional groups attached to an aromatic ring is 1. The Balaban J connectivity index is 3.14. The van der Waals surface area contributed by atoms with Crippen molar-refractivity contribution in [2.75, 3.05) is 5.73 Å². The molecule has 0 spiro atoms. The molecule has 14 heavy (non-hydrogen) atoms. The van der Waals surface area contributed by atoms with E-state index in [1.54, 1.807) is 0 Å². The van der Waals surface area contributed by atoms with Gasteiger partial charge < -0.3 is 10.8 Å². The van der Waals surface area contributed by atoms with Crippen molar-refractivity contribution in [1.29, 1.82) is 0 Å². The van der Waals surface area contributed by atoms with Crippen molar-refractivity contribution in [2.45, 2.75) is 19.4 Å². The molecule has 76 valence electrons. The number of hydrogen-bond donors (Lipinski definition) is 2. The lowest BCUT2D eigenvalue weighted by Gasteiger charge is -2.01. The predicted octanol–water partition coefficient (Wildman–Crippen LogP) is 1.18. The molecule has 0 bridgehead atoms. The van der Waals surface area contributed by atoms with Crippen molar-refractivity contribution >= 4 is 22.4 Å². The van der Waals surface area contributed by atoms with Crippen LogP contribution >= 0.6 is 11.3 Å². The molecule has 0 saturated carbocycles. The second-order valence-corrected chi connectivity index (χ2v) is 3.68. The number of nitrogens with zero attached hydrogens (tertiary/aromatic N) is 2. The number of aliphatic carboxylic acids is 1. The minimum atomic E-state index is -1.45. The average Bonchev–Trinajstić information content (AvgIpc) is 2.47. The Kier molecular flexibility index (Phi) is 3.13. The van der Waals surface area contributed by atoms with Gasteiger partial charge in [0.25, 0.3) is 0 Å². The second kappa shape index (κ2) is 4.14. The Bertz CT molecular complexity index is 363. The number of hydrogen-bond acceptors (Lipinski definition) is 6. The molecule has 0 radical (unpaired) electrons. The molecule has 0 aliphatic rings. The van der Waals surface area contributed by atoms with Crippen molar-refractivity contribution in [3.63, 3.8) is 0 Å². The van der Waals surface area contributed by atoms with Crippen LogP contribution in [0, 0.1) is 4.91 Å². The monoisotopic (exact) mass is 215 g/mol. The molecule has 6 nitrogen and oxygen atoms in total. The lowest BCUT2D eigenvalue weighted by Crippen LogP contribution is -2.10. The molecule has 1 unspecified atom stereocenters. The first-order chi connectivity index (χ1) is 6.60. The maximum Gasteiger partial charge on any atom is 0.338 e. The average molecular weight is 215 g/mol. The molecule has 0 fully saturated rings. The number of nitrogens with two attached hydrogens (primary N) is 1. The first-order valence-electron chi connectivity index (χ1n) is 3.90. The summed E-state index contributed by atoms with van der Waals surface area (Å²) in [6.07, 6.45) is 0.587. The van der Waals surface area contributed by atoms with Gasteiger partial charge in [0.1, 0.15) is 0 Å². The smallest absolute Gasteiger partial charge is 0.338 e. The maximum atomic E-state index is 10.6. The van der Waals surface area contributed by atoms with E-state index in [2.05, 4.69) is 10.2 Å². The van der Waals surface area contributed by atoms with Gasteiger partial charge in [-0.05, 0) is 11.6 Å². The number of carbonyl (C=O) groups is 1. The van der Waals surface area contributed by atoms with Crippen molar-refractivity contribution < 1.29 is 9.90 Å². The Morgan fingerprint density at radius 1 is 1.79 bits per heavy atom. The third-order valence-electron chi connectivity index (χ3n) is 1.66. The number of rotatable bonds is 4. The molecule has 1 rings (SSSR count). The third-order valence-corrected chi connectivity index (χ3v) is 2.71. The van der Waals surface area contributed by atoms with Gasteiger partial charge in [-0.25, -0.2) is 9.78 Å². The van der Waals surface area contributed by atoms with Gasteiger partial charge in [-0.3, -0.25) is 0 Å². The maximum absolute atomic E-state index is 10.6. The van der Waals surface area contributed by atoms with E-state index < -0.39 is 12.0 Å². The van der Waals surface area contributed by atoms with Crippen molar-refractivity contribution in [1.82, 2.24) is 4.98 Å². The molecule has 0 aromatic carbocycles. The zero-order chi connectivity index (χ0) is 10.7. The number of anilines is 1. The van der Waals surface area contributed by atoms with Gasteiger partial charge in [-0.1, -0.05) is 6.92 Å². The van der Waals surface area contributed by atoms with Crippen LogP contribution in [0.15, 0.2) is 5.18 Å². The van der Waals surface area contributed by atoms with Crippen LogP contribution < -0.4 is 5.73 Å². The standard InChI is InChI=1S/C7H9N3O3S/c1-2-3-4(9-7(8)14-3)5(10-13)6(11)12/h5H,2H2,1H3,(H2,8,9)(H,11,12). The van der Waals surface area contributed by atoms with Gasteiger partial charge in [0.2, 0.25) is 6.04 Å². The van der Waals surface area contributed by atoms with Gasteiger partial charge in [0, 0.05) is 4.88 Å². The molecular weight excluding hydrogens is 206 g/mol. The fourth-order valence-corrected chi connectivity index (χ4v) is 1.86. The molecule has 1 aromatic heterocycles. The highest BCUT2D eigenvalue weighted by Crippen LogP contribution is 2.28. The minimum absolute atomic E-state index is 0.164. The zero-order valence-corrected chi connectivity index (χ0v) is 8.24. The summed E-state index contributed by atoms with van der Waals surface area (Å²) in [5.41, 5.74) is 5.58. The van der Waals surface area contributed by atoms with Crippen LogP contribution in [-0.2, 0) is 11.2 Å². The zero-order valence-electron chi connectivity index (χ0n) is 7.43. The third kappa shape index (κ3) is 1.87. The molecule has 0 aliphatic heterocycles. The summed E-state index contributed by atoms with van der Waals surface area (Å²) in [6.45, 7) is 1.83. The number of carboxylic acid groups (broad SMARTS) is 1. The molecule has 1 heterocycles. The molecule has 1 aromatic rings. The lowest BCUT2D eigenvalue weighted by atomic mass is 10.2. The summed E-state index contributed by atoms with van der Waals surface area (Å²) >= 11 is 1.18. The predicted molar refractivity (Wildman–Crippen MR) is 52.1 cm³/mol. The van der Waals surface area contributed by atoms with E-state index in [1.165, 1.54) is 11.3 Å². The SMILES string of the molecule is CCc1sc(N)nc1C(N=O)C(=O)O. The van der Waals surface area contributed by atoms with Crippen molar-refractivity contribution in [2.24, 2.45) is 5.18 Å². The van der Waals surface area contributed by atoms with E-state index in [4.69, 9.17) is 10.8 Å². The minimum Gasteiger partial charge on any atom is -0.479 e. The second-order valence-electron chi connectivity index (χ2n) is 2.56. The number of aromatic nitrogens is 1. The topological polar surface area (TPSA) is 106 Å².